The molecule has 6 nitrogen and oxygen atoms in total. The summed E-state index contributed by atoms with van der Waals surface area (Å²) in [6.45, 7) is 3.96. The number of aromatic nitrogens is 3. The second-order valence-corrected chi connectivity index (χ2v) is 7.39. The lowest BCUT2D eigenvalue weighted by Crippen LogP contribution is -1.99. The third kappa shape index (κ3) is 3.18. The smallest absolute Gasteiger partial charge is 0.371 e. The Morgan fingerprint density at radius 1 is 0.935 bits per heavy atom. The van der Waals surface area contributed by atoms with Crippen LogP contribution in [-0.4, -0.2) is 25.7 Å². The molecule has 1 aromatic carbocycles. The predicted octanol–water partition coefficient (Wildman–Crippen LogP) is 5.64. The van der Waals surface area contributed by atoms with Gasteiger partial charge in [0.1, 0.15) is 5.76 Å². The van der Waals surface area contributed by atoms with E-state index in [4.69, 9.17) is 4.42 Å². The van der Waals surface area contributed by atoms with Gasteiger partial charge in [0.15, 0.2) is 0 Å². The molecule has 0 saturated heterocycles. The molecule has 0 saturated carbocycles. The Kier molecular flexibility index (Phi) is 4.40. The lowest BCUT2D eigenvalue weighted by atomic mass is 10.0. The fourth-order valence-electron chi connectivity index (χ4n) is 3.77. The molecule has 5 rings (SSSR count). The van der Waals surface area contributed by atoms with Crippen molar-refractivity contribution in [3.05, 3.63) is 90.1 Å². The van der Waals surface area contributed by atoms with Gasteiger partial charge in [0.05, 0.1) is 17.4 Å². The van der Waals surface area contributed by atoms with Crippen LogP contribution in [-0.2, 0) is 0 Å². The van der Waals surface area contributed by atoms with Gasteiger partial charge >= 0.3 is 5.97 Å². The third-order valence-corrected chi connectivity index (χ3v) is 5.58. The molecule has 0 radical (unpaired) electrons. The minimum Gasteiger partial charge on any atom is -0.475 e. The molecule has 1 N–H and O–H groups in total. The molecule has 4 aromatic heterocycles. The van der Waals surface area contributed by atoms with Crippen molar-refractivity contribution in [1.29, 1.82) is 0 Å². The Labute approximate surface area is 178 Å². The molecule has 31 heavy (non-hydrogen) atoms. The molecule has 6 heteroatoms. The number of benzene rings is 1. The van der Waals surface area contributed by atoms with Gasteiger partial charge in [-0.3, -0.25) is 4.98 Å². The molecule has 4 heterocycles. The first kappa shape index (κ1) is 18.8. The highest BCUT2D eigenvalue weighted by molar-refractivity contribution is 5.87. The first-order valence-electron chi connectivity index (χ1n) is 9.86. The van der Waals surface area contributed by atoms with Crippen LogP contribution < -0.4 is 0 Å². The van der Waals surface area contributed by atoms with Gasteiger partial charge < -0.3 is 9.52 Å². The number of furan rings is 1. The van der Waals surface area contributed by atoms with Crippen molar-refractivity contribution in [3.8, 4) is 33.7 Å². The van der Waals surface area contributed by atoms with Crippen molar-refractivity contribution in [2.24, 2.45) is 0 Å². The van der Waals surface area contributed by atoms with Crippen LogP contribution in [0.25, 0.3) is 39.2 Å². The highest BCUT2D eigenvalue weighted by atomic mass is 16.4. The number of carboxylic acids is 1. The van der Waals surface area contributed by atoms with Crippen LogP contribution in [0, 0.1) is 13.8 Å². The number of fused-ring (bicyclic) bond motifs is 1. The molecule has 152 valence electrons. The van der Waals surface area contributed by atoms with E-state index in [-0.39, 0.29) is 5.76 Å². The highest BCUT2D eigenvalue weighted by Crippen LogP contribution is 2.33. The van der Waals surface area contributed by atoms with Crippen LogP contribution in [0.3, 0.4) is 0 Å². The Balaban J connectivity index is 1.62. The zero-order chi connectivity index (χ0) is 21.5. The lowest BCUT2D eigenvalue weighted by molar-refractivity contribution is 0.0663. The van der Waals surface area contributed by atoms with Crippen LogP contribution in [0.2, 0.25) is 0 Å². The van der Waals surface area contributed by atoms with Crippen LogP contribution in [0.1, 0.15) is 21.8 Å². The topological polar surface area (TPSA) is 80.6 Å². The summed E-state index contributed by atoms with van der Waals surface area (Å²) in [5.41, 5.74) is 7.55. The summed E-state index contributed by atoms with van der Waals surface area (Å²) in [5.74, 6) is -0.650. The number of nitrogens with zero attached hydrogens (tertiary/aromatic N) is 3. The SMILES string of the molecule is Cc1c(-c2ccc(C(=O)O)o2)cc2c(-c3ccc(-c4ccccc4)nc3)cnn2c1C. The second-order valence-electron chi connectivity index (χ2n) is 7.39. The van der Waals surface area contributed by atoms with E-state index in [9.17, 15) is 9.90 Å². The Morgan fingerprint density at radius 2 is 1.74 bits per heavy atom. The average Bonchev–Trinajstić information content (AvgIpc) is 3.45. The number of pyridine rings is 2. The van der Waals surface area contributed by atoms with Crippen LogP contribution >= 0.6 is 0 Å². The van der Waals surface area contributed by atoms with Gasteiger partial charge in [-0.2, -0.15) is 5.10 Å². The zero-order valence-corrected chi connectivity index (χ0v) is 17.0. The molecule has 0 aliphatic heterocycles. The lowest BCUT2D eigenvalue weighted by Gasteiger charge is -2.10. The van der Waals surface area contributed by atoms with Crippen LogP contribution in [0.4, 0.5) is 0 Å². The summed E-state index contributed by atoms with van der Waals surface area (Å²) < 4.78 is 7.45. The maximum Gasteiger partial charge on any atom is 0.371 e. The normalized spacial score (nSPS) is 11.2. The van der Waals surface area contributed by atoms with E-state index in [1.807, 2.05) is 79.3 Å². The molecule has 0 unspecified atom stereocenters. The Bertz CT molecular complexity index is 1410. The van der Waals surface area contributed by atoms with Gasteiger partial charge in [-0.1, -0.05) is 36.4 Å². The molecule has 0 fully saturated rings. The summed E-state index contributed by atoms with van der Waals surface area (Å²) >= 11 is 0. The first-order valence-corrected chi connectivity index (χ1v) is 9.86. The van der Waals surface area contributed by atoms with E-state index in [0.29, 0.717) is 5.76 Å². The molecule has 0 amide bonds. The molecule has 0 aliphatic rings. The molecule has 5 aromatic rings. The Morgan fingerprint density at radius 3 is 2.42 bits per heavy atom. The fraction of sp³-hybridized carbons (Fsp3) is 0.0800. The minimum atomic E-state index is -1.09. The first-order chi connectivity index (χ1) is 15.0. The van der Waals surface area contributed by atoms with Crippen molar-refractivity contribution in [2.75, 3.05) is 0 Å². The largest absolute Gasteiger partial charge is 0.475 e. The minimum absolute atomic E-state index is 0.0821. The third-order valence-electron chi connectivity index (χ3n) is 5.58. The maximum atomic E-state index is 11.2. The maximum absolute atomic E-state index is 11.2. The molecule has 0 bridgehead atoms. The number of carboxylic acid groups (broad SMARTS) is 1. The summed E-state index contributed by atoms with van der Waals surface area (Å²) in [7, 11) is 0. The zero-order valence-electron chi connectivity index (χ0n) is 17.0. The Hall–Kier alpha value is -4.19. The summed E-state index contributed by atoms with van der Waals surface area (Å²) in [6, 6.07) is 19.2. The van der Waals surface area contributed by atoms with E-state index in [1.165, 1.54) is 6.07 Å². The van der Waals surface area contributed by atoms with Crippen LogP contribution in [0.5, 0.6) is 0 Å². The van der Waals surface area contributed by atoms with Crippen molar-refractivity contribution in [1.82, 2.24) is 14.6 Å². The van der Waals surface area contributed by atoms with E-state index in [2.05, 4.69) is 10.1 Å². The number of aryl methyl sites for hydroxylation is 1. The van der Waals surface area contributed by atoms with Gasteiger partial charge in [0, 0.05) is 34.1 Å². The molecular weight excluding hydrogens is 390 g/mol. The summed E-state index contributed by atoms with van der Waals surface area (Å²) in [4.78, 5) is 15.9. The summed E-state index contributed by atoms with van der Waals surface area (Å²) in [6.07, 6.45) is 3.68. The quantitative estimate of drug-likeness (QED) is 0.416. The fourth-order valence-corrected chi connectivity index (χ4v) is 3.77. The standard InChI is InChI=1S/C25H19N3O3/c1-15-16(2)28-22(12-19(15)23-10-11-24(31-23)25(29)30)20(14-27-28)18-8-9-21(26-13-18)17-6-4-3-5-7-17/h3-14H,1-2H3,(H,29,30). The summed E-state index contributed by atoms with van der Waals surface area (Å²) in [5, 5.41) is 13.8. The number of rotatable bonds is 4. The molecular formula is C25H19N3O3. The van der Waals surface area contributed by atoms with Crippen molar-refractivity contribution < 1.29 is 14.3 Å². The van der Waals surface area contributed by atoms with E-state index >= 15 is 0 Å². The van der Waals surface area contributed by atoms with E-state index < -0.39 is 5.97 Å². The van der Waals surface area contributed by atoms with Crippen LogP contribution in [0.15, 0.2) is 77.5 Å². The monoisotopic (exact) mass is 409 g/mol. The molecule has 0 atom stereocenters. The van der Waals surface area contributed by atoms with E-state index in [0.717, 1.165) is 44.7 Å². The second kappa shape index (κ2) is 7.25. The van der Waals surface area contributed by atoms with Crippen molar-refractivity contribution >= 4 is 11.5 Å². The number of aromatic carboxylic acids is 1. The number of hydrogen-bond acceptors (Lipinski definition) is 4. The van der Waals surface area contributed by atoms with Gasteiger partial charge in [0.25, 0.3) is 0 Å². The van der Waals surface area contributed by atoms with Crippen molar-refractivity contribution in [3.63, 3.8) is 0 Å². The number of carbonyl (C=O) groups is 1. The molecule has 0 aliphatic carbocycles. The van der Waals surface area contributed by atoms with Gasteiger partial charge in [0.2, 0.25) is 5.76 Å². The van der Waals surface area contributed by atoms with E-state index in [1.54, 1.807) is 6.07 Å². The highest BCUT2D eigenvalue weighted by Gasteiger charge is 2.17. The van der Waals surface area contributed by atoms with Gasteiger partial charge in [-0.25, -0.2) is 9.31 Å². The van der Waals surface area contributed by atoms with Gasteiger partial charge in [-0.15, -0.1) is 0 Å². The average molecular weight is 409 g/mol. The molecule has 0 spiro atoms. The number of hydrogen-bond donors (Lipinski definition) is 1. The van der Waals surface area contributed by atoms with Gasteiger partial charge in [-0.05, 0) is 43.7 Å². The predicted molar refractivity (Wildman–Crippen MR) is 118 cm³/mol. The van der Waals surface area contributed by atoms with Crippen molar-refractivity contribution in [2.45, 2.75) is 13.8 Å².